The first-order valence-electron chi connectivity index (χ1n) is 11.1. The van der Waals surface area contributed by atoms with Crippen molar-refractivity contribution in [2.24, 2.45) is 0 Å². The number of hydrogen-bond acceptors (Lipinski definition) is 7. The standard InChI is InChI=1S/C24H29N5O4/c1-17-19(27-16-26-17)15-28-9-7-20-23(24(31)32-2)21(13-22(30)29(20)11-10-28)33-12-4-6-18-5-3-8-25-14-18/h3,5,8,13-14,16H,4,6-7,9-12,15H2,1-2H3,(H,26,27). The van der Waals surface area contributed by atoms with E-state index < -0.39 is 5.97 Å². The molecule has 4 heterocycles. The van der Waals surface area contributed by atoms with E-state index in [0.29, 0.717) is 56.2 Å². The van der Waals surface area contributed by atoms with Crippen LogP contribution in [0.2, 0.25) is 0 Å². The number of nitrogens with one attached hydrogen (secondary N) is 1. The van der Waals surface area contributed by atoms with Crippen LogP contribution >= 0.6 is 0 Å². The molecule has 9 heteroatoms. The van der Waals surface area contributed by atoms with E-state index in [1.807, 2.05) is 25.3 Å². The van der Waals surface area contributed by atoms with Crippen LogP contribution in [0, 0.1) is 6.92 Å². The lowest BCUT2D eigenvalue weighted by atomic mass is 10.1. The van der Waals surface area contributed by atoms with Gasteiger partial charge in [-0.3, -0.25) is 14.7 Å². The number of nitrogens with zero attached hydrogens (tertiary/aromatic N) is 4. The van der Waals surface area contributed by atoms with E-state index in [1.165, 1.54) is 13.2 Å². The first-order valence-corrected chi connectivity index (χ1v) is 11.1. The Morgan fingerprint density at radius 1 is 1.27 bits per heavy atom. The molecular weight excluding hydrogens is 422 g/mol. The molecule has 0 aliphatic carbocycles. The van der Waals surface area contributed by atoms with Crippen molar-refractivity contribution >= 4 is 5.97 Å². The third-order valence-electron chi connectivity index (χ3n) is 5.97. The van der Waals surface area contributed by atoms with Gasteiger partial charge in [0, 0.05) is 62.4 Å². The van der Waals surface area contributed by atoms with Crippen LogP contribution in [0.25, 0.3) is 0 Å². The van der Waals surface area contributed by atoms with Gasteiger partial charge in [0.15, 0.2) is 0 Å². The molecule has 0 bridgehead atoms. The van der Waals surface area contributed by atoms with Crippen LogP contribution in [-0.2, 0) is 30.7 Å². The summed E-state index contributed by atoms with van der Waals surface area (Å²) in [7, 11) is 1.35. The lowest BCUT2D eigenvalue weighted by molar-refractivity contribution is 0.0593. The van der Waals surface area contributed by atoms with Crippen molar-refractivity contribution in [3.05, 3.63) is 75.5 Å². The van der Waals surface area contributed by atoms with Crippen LogP contribution in [0.5, 0.6) is 5.75 Å². The molecule has 0 radical (unpaired) electrons. The summed E-state index contributed by atoms with van der Waals surface area (Å²) in [4.78, 5) is 39.5. The molecule has 3 aromatic rings. The predicted octanol–water partition coefficient (Wildman–Crippen LogP) is 2.13. The van der Waals surface area contributed by atoms with E-state index in [9.17, 15) is 9.59 Å². The summed E-state index contributed by atoms with van der Waals surface area (Å²) in [5.41, 5.74) is 3.97. The molecule has 0 amide bonds. The summed E-state index contributed by atoms with van der Waals surface area (Å²) in [6, 6.07) is 5.32. The second-order valence-corrected chi connectivity index (χ2v) is 8.13. The molecule has 0 aromatic carbocycles. The fourth-order valence-corrected chi connectivity index (χ4v) is 4.15. The number of aromatic amines is 1. The van der Waals surface area contributed by atoms with Gasteiger partial charge < -0.3 is 19.0 Å². The average molecular weight is 452 g/mol. The van der Waals surface area contributed by atoms with E-state index in [2.05, 4.69) is 19.9 Å². The number of H-pyrrole nitrogens is 1. The van der Waals surface area contributed by atoms with Crippen LogP contribution < -0.4 is 10.3 Å². The minimum atomic E-state index is -0.488. The number of fused-ring (bicyclic) bond motifs is 1. The first kappa shape index (κ1) is 22.7. The highest BCUT2D eigenvalue weighted by molar-refractivity contribution is 5.93. The zero-order valence-electron chi connectivity index (χ0n) is 19.0. The Bertz CT molecular complexity index is 1160. The Labute approximate surface area is 192 Å². The highest BCUT2D eigenvalue weighted by Crippen LogP contribution is 2.24. The lowest BCUT2D eigenvalue weighted by Crippen LogP contribution is -2.29. The van der Waals surface area contributed by atoms with Crippen molar-refractivity contribution in [3.8, 4) is 5.75 Å². The molecule has 1 N–H and O–H groups in total. The third-order valence-corrected chi connectivity index (χ3v) is 5.97. The van der Waals surface area contributed by atoms with Crippen molar-refractivity contribution < 1.29 is 14.3 Å². The summed E-state index contributed by atoms with van der Waals surface area (Å²) in [5.74, 6) is -0.196. The second-order valence-electron chi connectivity index (χ2n) is 8.13. The molecule has 0 unspecified atom stereocenters. The molecule has 0 fully saturated rings. The van der Waals surface area contributed by atoms with Gasteiger partial charge in [-0.05, 0) is 31.4 Å². The number of aromatic nitrogens is 4. The van der Waals surface area contributed by atoms with Gasteiger partial charge in [-0.25, -0.2) is 9.78 Å². The summed E-state index contributed by atoms with van der Waals surface area (Å²) >= 11 is 0. The average Bonchev–Trinajstić information content (AvgIpc) is 3.10. The van der Waals surface area contributed by atoms with Gasteiger partial charge in [0.2, 0.25) is 0 Å². The van der Waals surface area contributed by atoms with E-state index in [1.54, 1.807) is 17.1 Å². The van der Waals surface area contributed by atoms with Gasteiger partial charge in [0.25, 0.3) is 5.56 Å². The maximum atomic E-state index is 12.9. The highest BCUT2D eigenvalue weighted by Gasteiger charge is 2.26. The van der Waals surface area contributed by atoms with Gasteiger partial charge in [0.1, 0.15) is 11.3 Å². The van der Waals surface area contributed by atoms with Gasteiger partial charge in [0.05, 0.1) is 25.7 Å². The number of imidazole rings is 1. The fraction of sp³-hybridized carbons (Fsp3) is 0.417. The maximum absolute atomic E-state index is 12.9. The zero-order valence-corrected chi connectivity index (χ0v) is 19.0. The predicted molar refractivity (Wildman–Crippen MR) is 122 cm³/mol. The summed E-state index contributed by atoms with van der Waals surface area (Å²) in [6.45, 7) is 4.93. The van der Waals surface area contributed by atoms with Crippen molar-refractivity contribution in [2.45, 2.75) is 39.3 Å². The van der Waals surface area contributed by atoms with E-state index in [-0.39, 0.29) is 5.56 Å². The lowest BCUT2D eigenvalue weighted by Gasteiger charge is -2.18. The Morgan fingerprint density at radius 2 is 2.15 bits per heavy atom. The molecular formula is C24H29N5O4. The number of methoxy groups -OCH3 is 1. The Balaban J connectivity index is 1.51. The Hall–Kier alpha value is -3.46. The third kappa shape index (κ3) is 5.31. The Kier molecular flexibility index (Phi) is 7.19. The van der Waals surface area contributed by atoms with Gasteiger partial charge in [-0.1, -0.05) is 6.07 Å². The first-order chi connectivity index (χ1) is 16.1. The maximum Gasteiger partial charge on any atom is 0.343 e. The number of aryl methyl sites for hydroxylation is 2. The van der Waals surface area contributed by atoms with Gasteiger partial charge >= 0.3 is 5.97 Å². The number of pyridine rings is 2. The fourth-order valence-electron chi connectivity index (χ4n) is 4.15. The largest absolute Gasteiger partial charge is 0.492 e. The number of carbonyl (C=O) groups is 1. The van der Waals surface area contributed by atoms with Crippen molar-refractivity contribution in [1.29, 1.82) is 0 Å². The monoisotopic (exact) mass is 451 g/mol. The van der Waals surface area contributed by atoms with Crippen LogP contribution in [0.3, 0.4) is 0 Å². The number of rotatable bonds is 8. The minimum Gasteiger partial charge on any atom is -0.492 e. The number of carbonyl (C=O) groups excluding carboxylic acids is 1. The number of ether oxygens (including phenoxy) is 2. The quantitative estimate of drug-likeness (QED) is 0.413. The van der Waals surface area contributed by atoms with Gasteiger partial charge in [-0.2, -0.15) is 0 Å². The van der Waals surface area contributed by atoms with Gasteiger partial charge in [-0.15, -0.1) is 0 Å². The molecule has 33 heavy (non-hydrogen) atoms. The van der Waals surface area contributed by atoms with Crippen LogP contribution in [-0.4, -0.2) is 57.2 Å². The minimum absolute atomic E-state index is 0.169. The van der Waals surface area contributed by atoms with Crippen molar-refractivity contribution in [1.82, 2.24) is 24.4 Å². The highest BCUT2D eigenvalue weighted by atomic mass is 16.5. The zero-order chi connectivity index (χ0) is 23.2. The molecule has 3 aromatic heterocycles. The molecule has 9 nitrogen and oxygen atoms in total. The molecule has 4 rings (SSSR count). The second kappa shape index (κ2) is 10.4. The summed E-state index contributed by atoms with van der Waals surface area (Å²) in [5, 5.41) is 0. The smallest absolute Gasteiger partial charge is 0.343 e. The van der Waals surface area contributed by atoms with Crippen molar-refractivity contribution in [3.63, 3.8) is 0 Å². The molecule has 1 aliphatic heterocycles. The van der Waals surface area contributed by atoms with E-state index >= 15 is 0 Å². The van der Waals surface area contributed by atoms with E-state index in [4.69, 9.17) is 9.47 Å². The molecule has 1 aliphatic rings. The topological polar surface area (TPSA) is 102 Å². The SMILES string of the molecule is COC(=O)c1c(OCCCc2cccnc2)cc(=O)n2c1CCN(Cc1nc[nH]c1C)CC2. The number of esters is 1. The summed E-state index contributed by atoms with van der Waals surface area (Å²) in [6.07, 6.45) is 7.33. The van der Waals surface area contributed by atoms with Crippen LogP contribution in [0.4, 0.5) is 0 Å². The summed E-state index contributed by atoms with van der Waals surface area (Å²) < 4.78 is 12.7. The Morgan fingerprint density at radius 3 is 2.88 bits per heavy atom. The molecule has 0 spiro atoms. The van der Waals surface area contributed by atoms with E-state index in [0.717, 1.165) is 29.8 Å². The molecule has 0 atom stereocenters. The normalized spacial score (nSPS) is 13.9. The molecule has 0 saturated heterocycles. The molecule has 0 saturated carbocycles. The number of hydrogen-bond donors (Lipinski definition) is 1. The van der Waals surface area contributed by atoms with Crippen LogP contribution in [0.15, 0.2) is 41.7 Å². The molecule has 174 valence electrons. The van der Waals surface area contributed by atoms with Crippen molar-refractivity contribution in [2.75, 3.05) is 26.8 Å². The van der Waals surface area contributed by atoms with Crippen LogP contribution in [0.1, 0.15) is 39.4 Å².